The van der Waals surface area contributed by atoms with Gasteiger partial charge in [-0.15, -0.1) is 0 Å². The fraction of sp³-hybridized carbons (Fsp3) is 0.476. The first-order chi connectivity index (χ1) is 20.8. The van der Waals surface area contributed by atoms with Crippen LogP contribution in [0, 0.1) is 23.7 Å². The Bertz CT molecular complexity index is 1120. The van der Waals surface area contributed by atoms with E-state index in [0.29, 0.717) is 0 Å². The topological polar surface area (TPSA) is 0 Å². The Labute approximate surface area is 258 Å². The van der Waals surface area contributed by atoms with Gasteiger partial charge in [0, 0.05) is 22.3 Å². The predicted molar refractivity (Wildman–Crippen MR) is 184 cm³/mol. The first-order valence-corrected chi connectivity index (χ1v) is 17.1. The molecule has 0 radical (unpaired) electrons. The molecule has 0 unspecified atom stereocenters. The molecule has 3 aromatic carbocycles. The van der Waals surface area contributed by atoms with Gasteiger partial charge in [0.1, 0.15) is 0 Å². The molecule has 0 aliphatic carbocycles. The molecule has 0 bridgehead atoms. The lowest BCUT2D eigenvalue weighted by molar-refractivity contribution is 0.575. The Balaban J connectivity index is 1.36. The summed E-state index contributed by atoms with van der Waals surface area (Å²) >= 11 is 0. The SMILES string of the molecule is CCCCCCCCCCc1ccc(C#Cc2ccc(C#Cc3ccc(CCCCCCCCCC)cc3)cc2)cc1. The van der Waals surface area contributed by atoms with Crippen LogP contribution in [0.15, 0.2) is 72.8 Å². The minimum absolute atomic E-state index is 1.02. The number of hydrogen-bond donors (Lipinski definition) is 0. The molecule has 222 valence electrons. The van der Waals surface area contributed by atoms with Crippen molar-refractivity contribution < 1.29 is 0 Å². The fourth-order valence-corrected chi connectivity index (χ4v) is 5.36. The Kier molecular flexibility index (Phi) is 17.0. The molecule has 0 saturated carbocycles. The molecule has 0 aliphatic heterocycles. The maximum Gasteiger partial charge on any atom is 0.0249 e. The van der Waals surface area contributed by atoms with Gasteiger partial charge in [-0.3, -0.25) is 0 Å². The summed E-state index contributed by atoms with van der Waals surface area (Å²) in [5.41, 5.74) is 7.04. The zero-order valence-electron chi connectivity index (χ0n) is 26.7. The van der Waals surface area contributed by atoms with E-state index < -0.39 is 0 Å². The lowest BCUT2D eigenvalue weighted by Crippen LogP contribution is -1.87. The number of aryl methyl sites for hydroxylation is 2. The second kappa shape index (κ2) is 21.5. The normalized spacial score (nSPS) is 10.5. The summed E-state index contributed by atoms with van der Waals surface area (Å²) in [7, 11) is 0. The van der Waals surface area contributed by atoms with Crippen molar-refractivity contribution in [2.45, 2.75) is 129 Å². The van der Waals surface area contributed by atoms with Crippen molar-refractivity contribution in [1.82, 2.24) is 0 Å². The van der Waals surface area contributed by atoms with Crippen molar-refractivity contribution >= 4 is 0 Å². The van der Waals surface area contributed by atoms with Crippen LogP contribution in [0.2, 0.25) is 0 Å². The Morgan fingerprint density at radius 3 is 0.833 bits per heavy atom. The van der Waals surface area contributed by atoms with Gasteiger partial charge in [-0.2, -0.15) is 0 Å². The molecular weight excluding hydrogens is 504 g/mol. The van der Waals surface area contributed by atoms with E-state index in [9.17, 15) is 0 Å². The summed E-state index contributed by atoms with van der Waals surface area (Å²) < 4.78 is 0. The van der Waals surface area contributed by atoms with Gasteiger partial charge in [0.05, 0.1) is 0 Å². The molecule has 0 heteroatoms. The summed E-state index contributed by atoms with van der Waals surface area (Å²) in [4.78, 5) is 0. The Hall–Kier alpha value is -3.22. The summed E-state index contributed by atoms with van der Waals surface area (Å²) in [6.45, 7) is 4.56. The maximum absolute atomic E-state index is 3.32. The molecular formula is C42H54. The first kappa shape index (κ1) is 33.3. The molecule has 0 spiro atoms. The molecule has 42 heavy (non-hydrogen) atoms. The van der Waals surface area contributed by atoms with Gasteiger partial charge in [-0.1, -0.05) is 152 Å². The highest BCUT2D eigenvalue weighted by atomic mass is 14.0. The number of hydrogen-bond acceptors (Lipinski definition) is 0. The predicted octanol–water partition coefficient (Wildman–Crippen LogP) is 11.9. The van der Waals surface area contributed by atoms with Gasteiger partial charge in [0.15, 0.2) is 0 Å². The van der Waals surface area contributed by atoms with E-state index in [2.05, 4.69) is 110 Å². The lowest BCUT2D eigenvalue weighted by atomic mass is 10.0. The zero-order chi connectivity index (χ0) is 29.5. The molecule has 0 heterocycles. The van der Waals surface area contributed by atoms with Crippen molar-refractivity contribution in [3.8, 4) is 23.7 Å². The fourth-order valence-electron chi connectivity index (χ4n) is 5.36. The quantitative estimate of drug-likeness (QED) is 0.108. The number of benzene rings is 3. The number of rotatable bonds is 18. The maximum atomic E-state index is 3.32. The average Bonchev–Trinajstić information content (AvgIpc) is 3.03. The highest BCUT2D eigenvalue weighted by Crippen LogP contribution is 2.14. The highest BCUT2D eigenvalue weighted by Gasteiger charge is 1.97. The molecule has 0 N–H and O–H groups in total. The molecule has 3 aromatic rings. The second-order valence-corrected chi connectivity index (χ2v) is 11.9. The Morgan fingerprint density at radius 2 is 0.548 bits per heavy atom. The van der Waals surface area contributed by atoms with Crippen LogP contribution in [0.25, 0.3) is 0 Å². The molecule has 3 rings (SSSR count). The van der Waals surface area contributed by atoms with Crippen molar-refractivity contribution in [1.29, 1.82) is 0 Å². The summed E-state index contributed by atoms with van der Waals surface area (Å²) in [6.07, 6.45) is 24.3. The zero-order valence-corrected chi connectivity index (χ0v) is 26.7. The third-order valence-electron chi connectivity index (χ3n) is 8.13. The van der Waals surface area contributed by atoms with E-state index in [0.717, 1.165) is 22.3 Å². The van der Waals surface area contributed by atoms with E-state index in [1.807, 2.05) is 0 Å². The molecule has 0 saturated heterocycles. The largest absolute Gasteiger partial charge is 0.0654 e. The van der Waals surface area contributed by atoms with Crippen molar-refractivity contribution in [2.24, 2.45) is 0 Å². The van der Waals surface area contributed by atoms with Gasteiger partial charge < -0.3 is 0 Å². The monoisotopic (exact) mass is 558 g/mol. The third kappa shape index (κ3) is 14.6. The van der Waals surface area contributed by atoms with Crippen LogP contribution >= 0.6 is 0 Å². The average molecular weight is 559 g/mol. The van der Waals surface area contributed by atoms with Gasteiger partial charge in [-0.05, 0) is 85.3 Å². The Morgan fingerprint density at radius 1 is 0.310 bits per heavy atom. The van der Waals surface area contributed by atoms with E-state index in [-0.39, 0.29) is 0 Å². The van der Waals surface area contributed by atoms with Crippen LogP contribution in [0.4, 0.5) is 0 Å². The van der Waals surface area contributed by atoms with Crippen molar-refractivity contribution in [3.63, 3.8) is 0 Å². The molecule has 0 fully saturated rings. The molecule has 0 atom stereocenters. The van der Waals surface area contributed by atoms with Crippen LogP contribution in [-0.2, 0) is 12.8 Å². The van der Waals surface area contributed by atoms with Gasteiger partial charge >= 0.3 is 0 Å². The minimum atomic E-state index is 1.02. The smallest absolute Gasteiger partial charge is 0.0249 e. The number of unbranched alkanes of at least 4 members (excludes halogenated alkanes) is 14. The van der Waals surface area contributed by atoms with E-state index in [1.54, 1.807) is 0 Å². The molecule has 0 aromatic heterocycles. The van der Waals surface area contributed by atoms with Crippen LogP contribution < -0.4 is 0 Å². The van der Waals surface area contributed by atoms with Crippen LogP contribution in [0.3, 0.4) is 0 Å². The molecule has 0 amide bonds. The van der Waals surface area contributed by atoms with Gasteiger partial charge in [-0.25, -0.2) is 0 Å². The molecule has 0 nitrogen and oxygen atoms in total. The summed E-state index contributed by atoms with van der Waals surface area (Å²) in [5.74, 6) is 13.2. The van der Waals surface area contributed by atoms with E-state index in [1.165, 1.54) is 127 Å². The van der Waals surface area contributed by atoms with Gasteiger partial charge in [0.25, 0.3) is 0 Å². The van der Waals surface area contributed by atoms with E-state index >= 15 is 0 Å². The standard InChI is InChI=1S/C42H54/c1-3-5-7-9-11-13-15-17-19-37-21-25-39(26-22-37)29-31-41-33-35-42(36-34-41)32-30-40-27-23-38(24-28-40)20-18-16-14-12-10-8-6-4-2/h21-28,33-36H,3-20H2,1-2H3. The van der Waals surface area contributed by atoms with Crippen molar-refractivity contribution in [2.75, 3.05) is 0 Å². The summed E-state index contributed by atoms with van der Waals surface area (Å²) in [5, 5.41) is 0. The highest BCUT2D eigenvalue weighted by molar-refractivity contribution is 5.48. The molecule has 0 aliphatic rings. The van der Waals surface area contributed by atoms with Crippen LogP contribution in [-0.4, -0.2) is 0 Å². The van der Waals surface area contributed by atoms with Gasteiger partial charge in [0.2, 0.25) is 0 Å². The first-order valence-electron chi connectivity index (χ1n) is 17.1. The third-order valence-corrected chi connectivity index (χ3v) is 8.13. The second-order valence-electron chi connectivity index (χ2n) is 11.9. The van der Waals surface area contributed by atoms with Crippen LogP contribution in [0.1, 0.15) is 150 Å². The van der Waals surface area contributed by atoms with E-state index in [4.69, 9.17) is 0 Å². The van der Waals surface area contributed by atoms with Crippen LogP contribution in [0.5, 0.6) is 0 Å². The minimum Gasteiger partial charge on any atom is -0.0654 e. The lowest BCUT2D eigenvalue weighted by Gasteiger charge is -2.03. The van der Waals surface area contributed by atoms with Crippen molar-refractivity contribution in [3.05, 3.63) is 106 Å². The summed E-state index contributed by atoms with van der Waals surface area (Å²) in [6, 6.07) is 25.9.